The highest BCUT2D eigenvalue weighted by Crippen LogP contribution is 2.24. The number of hydrogen-bond donors (Lipinski definition) is 3. The van der Waals surface area contributed by atoms with Crippen LogP contribution in [0.15, 0.2) is 41.3 Å². The second-order valence-corrected chi connectivity index (χ2v) is 7.54. The van der Waals surface area contributed by atoms with Crippen LogP contribution in [0, 0.1) is 0 Å². The van der Waals surface area contributed by atoms with Crippen LogP contribution in [0.1, 0.15) is 17.3 Å². The number of carbonyl (C=O) groups is 2. The van der Waals surface area contributed by atoms with Gasteiger partial charge >= 0.3 is 0 Å². The first-order chi connectivity index (χ1) is 11.8. The number of anilines is 2. The number of sulfonamides is 1. The first-order valence-electron chi connectivity index (χ1n) is 6.95. The molecule has 0 saturated carbocycles. The van der Waals surface area contributed by atoms with Crippen molar-refractivity contribution in [3.63, 3.8) is 0 Å². The molecular formula is C14H15N5O4S2. The second kappa shape index (κ2) is 7.85. The molecule has 1 heterocycles. The Bertz CT molecular complexity index is 907. The zero-order chi connectivity index (χ0) is 18.4. The van der Waals surface area contributed by atoms with Crippen molar-refractivity contribution in [1.82, 2.24) is 15.5 Å². The van der Waals surface area contributed by atoms with E-state index in [1.54, 1.807) is 12.1 Å². The first-order valence-corrected chi connectivity index (χ1v) is 9.25. The third-order valence-corrected chi connectivity index (χ3v) is 5.31. The summed E-state index contributed by atoms with van der Waals surface area (Å²) < 4.78 is 26.8. The topological polar surface area (TPSA) is 130 Å². The fourth-order valence-electron chi connectivity index (χ4n) is 1.74. The molecule has 132 valence electrons. The first kappa shape index (κ1) is 18.5. The van der Waals surface area contributed by atoms with Crippen LogP contribution in [-0.4, -0.2) is 37.0 Å². The number of para-hydroxylation sites is 1. The van der Waals surface area contributed by atoms with Crippen molar-refractivity contribution in [3.8, 4) is 0 Å². The van der Waals surface area contributed by atoms with Gasteiger partial charge in [0.25, 0.3) is 20.3 Å². The third-order valence-electron chi connectivity index (χ3n) is 2.74. The van der Waals surface area contributed by atoms with Crippen LogP contribution in [0.5, 0.6) is 0 Å². The fourth-order valence-corrected chi connectivity index (χ4v) is 3.77. The number of carbonyl (C=O) groups excluding carboxylic acids is 2. The Hall–Kier alpha value is -2.79. The Morgan fingerprint density at radius 2 is 2.00 bits per heavy atom. The van der Waals surface area contributed by atoms with Gasteiger partial charge in [0.15, 0.2) is 0 Å². The molecule has 2 rings (SSSR count). The molecule has 3 N–H and O–H groups in total. The molecule has 0 aliphatic heterocycles. The van der Waals surface area contributed by atoms with Gasteiger partial charge in [-0.1, -0.05) is 29.5 Å². The van der Waals surface area contributed by atoms with E-state index in [2.05, 4.69) is 32.1 Å². The zero-order valence-corrected chi connectivity index (χ0v) is 14.8. The maximum absolute atomic E-state index is 12.4. The van der Waals surface area contributed by atoms with E-state index < -0.39 is 21.8 Å². The van der Waals surface area contributed by atoms with Gasteiger partial charge in [0.2, 0.25) is 11.0 Å². The lowest BCUT2D eigenvalue weighted by Gasteiger charge is -2.10. The third kappa shape index (κ3) is 4.84. The minimum absolute atomic E-state index is 0.0601. The predicted molar refractivity (Wildman–Crippen MR) is 94.0 cm³/mol. The monoisotopic (exact) mass is 381 g/mol. The normalized spacial score (nSPS) is 10.8. The van der Waals surface area contributed by atoms with Gasteiger partial charge in [-0.15, -0.1) is 16.8 Å². The SMILES string of the molecule is C=CCNC(=O)c1ccccc1NS(=O)(=O)c1nnc(NC(C)=O)s1. The Kier molecular flexibility index (Phi) is 5.83. The largest absolute Gasteiger partial charge is 0.349 e. The highest BCUT2D eigenvalue weighted by atomic mass is 32.2. The van der Waals surface area contributed by atoms with E-state index >= 15 is 0 Å². The second-order valence-electron chi connectivity index (χ2n) is 4.70. The lowest BCUT2D eigenvalue weighted by atomic mass is 10.1. The number of amides is 2. The van der Waals surface area contributed by atoms with Crippen molar-refractivity contribution in [3.05, 3.63) is 42.5 Å². The molecule has 0 aliphatic carbocycles. The molecule has 0 radical (unpaired) electrons. The summed E-state index contributed by atoms with van der Waals surface area (Å²) in [6, 6.07) is 6.14. The number of rotatable bonds is 7. The van der Waals surface area contributed by atoms with Gasteiger partial charge in [0.1, 0.15) is 0 Å². The summed E-state index contributed by atoms with van der Waals surface area (Å²) >= 11 is 0.697. The maximum Gasteiger partial charge on any atom is 0.291 e. The van der Waals surface area contributed by atoms with Crippen LogP contribution >= 0.6 is 11.3 Å². The highest BCUT2D eigenvalue weighted by Gasteiger charge is 2.23. The van der Waals surface area contributed by atoms with Gasteiger partial charge in [0, 0.05) is 13.5 Å². The molecule has 2 aromatic rings. The van der Waals surface area contributed by atoms with Crippen molar-refractivity contribution >= 4 is 44.0 Å². The number of nitrogens with one attached hydrogen (secondary N) is 3. The van der Waals surface area contributed by atoms with Gasteiger partial charge in [-0.05, 0) is 12.1 Å². The predicted octanol–water partition coefficient (Wildman–Crippen LogP) is 1.21. The quantitative estimate of drug-likeness (QED) is 0.488. The van der Waals surface area contributed by atoms with Crippen LogP contribution in [0.25, 0.3) is 0 Å². The number of hydrogen-bond acceptors (Lipinski definition) is 7. The molecule has 0 saturated heterocycles. The molecule has 0 fully saturated rings. The van der Waals surface area contributed by atoms with Crippen molar-refractivity contribution in [1.29, 1.82) is 0 Å². The molecular weight excluding hydrogens is 366 g/mol. The van der Waals surface area contributed by atoms with Gasteiger partial charge < -0.3 is 10.6 Å². The van der Waals surface area contributed by atoms with Crippen molar-refractivity contribution < 1.29 is 18.0 Å². The van der Waals surface area contributed by atoms with Gasteiger partial charge in [0.05, 0.1) is 11.3 Å². The number of aromatic nitrogens is 2. The average molecular weight is 381 g/mol. The van der Waals surface area contributed by atoms with E-state index in [4.69, 9.17) is 0 Å². The molecule has 1 aromatic carbocycles. The van der Waals surface area contributed by atoms with E-state index in [0.717, 1.165) is 0 Å². The maximum atomic E-state index is 12.4. The Morgan fingerprint density at radius 1 is 1.28 bits per heavy atom. The molecule has 0 aliphatic rings. The van der Waals surface area contributed by atoms with Crippen LogP contribution in [-0.2, 0) is 14.8 Å². The highest BCUT2D eigenvalue weighted by molar-refractivity contribution is 7.94. The Labute approximate surface area is 148 Å². The minimum atomic E-state index is -4.06. The summed E-state index contributed by atoms with van der Waals surface area (Å²) in [7, 11) is -4.06. The molecule has 0 unspecified atom stereocenters. The van der Waals surface area contributed by atoms with E-state index in [-0.39, 0.29) is 27.3 Å². The van der Waals surface area contributed by atoms with Crippen LogP contribution in [0.3, 0.4) is 0 Å². The summed E-state index contributed by atoms with van der Waals surface area (Å²) in [4.78, 5) is 23.1. The van der Waals surface area contributed by atoms with E-state index in [1.165, 1.54) is 25.1 Å². The molecule has 25 heavy (non-hydrogen) atoms. The smallest absolute Gasteiger partial charge is 0.291 e. The Morgan fingerprint density at radius 3 is 2.68 bits per heavy atom. The average Bonchev–Trinajstić information content (AvgIpc) is 3.01. The summed E-state index contributed by atoms with van der Waals surface area (Å²) in [5.41, 5.74) is 0.250. The van der Waals surface area contributed by atoms with Crippen LogP contribution in [0.4, 0.5) is 10.8 Å². The van der Waals surface area contributed by atoms with E-state index in [1.807, 2.05) is 0 Å². The standard InChI is InChI=1S/C14H15N5O4S2/c1-3-8-15-12(21)10-6-4-5-7-11(10)19-25(22,23)14-18-17-13(24-14)16-9(2)20/h3-7,19H,1,8H2,2H3,(H,15,21)(H,16,17,20). The molecule has 1 aromatic heterocycles. The van der Waals surface area contributed by atoms with E-state index in [9.17, 15) is 18.0 Å². The fraction of sp³-hybridized carbons (Fsp3) is 0.143. The van der Waals surface area contributed by atoms with Crippen LogP contribution < -0.4 is 15.4 Å². The lowest BCUT2D eigenvalue weighted by molar-refractivity contribution is -0.114. The zero-order valence-electron chi connectivity index (χ0n) is 13.1. The van der Waals surface area contributed by atoms with Crippen molar-refractivity contribution in [2.75, 3.05) is 16.6 Å². The summed E-state index contributed by atoms with van der Waals surface area (Å²) in [5, 5.41) is 12.1. The van der Waals surface area contributed by atoms with Crippen molar-refractivity contribution in [2.24, 2.45) is 0 Å². The van der Waals surface area contributed by atoms with E-state index in [0.29, 0.717) is 11.3 Å². The number of benzene rings is 1. The molecule has 0 spiro atoms. The van der Waals surface area contributed by atoms with Gasteiger partial charge in [-0.2, -0.15) is 8.42 Å². The molecule has 9 nitrogen and oxygen atoms in total. The van der Waals surface area contributed by atoms with Gasteiger partial charge in [-0.3, -0.25) is 14.3 Å². The van der Waals surface area contributed by atoms with Crippen molar-refractivity contribution in [2.45, 2.75) is 11.3 Å². The minimum Gasteiger partial charge on any atom is -0.349 e. The van der Waals surface area contributed by atoms with Crippen LogP contribution in [0.2, 0.25) is 0 Å². The molecule has 0 atom stereocenters. The molecule has 2 amide bonds. The number of nitrogens with zero attached hydrogens (tertiary/aromatic N) is 2. The van der Waals surface area contributed by atoms with Gasteiger partial charge in [-0.25, -0.2) is 0 Å². The summed E-state index contributed by atoms with van der Waals surface area (Å²) in [6.07, 6.45) is 1.51. The molecule has 0 bridgehead atoms. The Balaban J connectivity index is 2.26. The summed E-state index contributed by atoms with van der Waals surface area (Å²) in [5.74, 6) is -0.841. The summed E-state index contributed by atoms with van der Waals surface area (Å²) in [6.45, 7) is 5.02. The lowest BCUT2D eigenvalue weighted by Crippen LogP contribution is -2.25. The molecule has 11 heteroatoms.